The van der Waals surface area contributed by atoms with Gasteiger partial charge >= 0.3 is 5.97 Å². The van der Waals surface area contributed by atoms with E-state index < -0.39 is 18.2 Å². The largest absolute Gasteiger partial charge is 0.462 e. The Labute approximate surface area is 354 Å². The van der Waals surface area contributed by atoms with E-state index in [-0.39, 0.29) is 24.9 Å². The van der Waals surface area contributed by atoms with Crippen molar-refractivity contribution in [2.75, 3.05) is 6.61 Å². The van der Waals surface area contributed by atoms with E-state index in [2.05, 4.69) is 50.4 Å². The maximum absolute atomic E-state index is 13.2. The average molecular weight is 804 g/mol. The van der Waals surface area contributed by atoms with Crippen LogP contribution < -0.4 is 5.32 Å². The molecule has 0 heterocycles. The molecule has 0 spiro atoms. The summed E-state index contributed by atoms with van der Waals surface area (Å²) in [4.78, 5) is 26.0. The van der Waals surface area contributed by atoms with Crippen LogP contribution in [0.15, 0.2) is 24.3 Å². The van der Waals surface area contributed by atoms with Gasteiger partial charge in [-0.1, -0.05) is 225 Å². The third-order valence-corrected chi connectivity index (χ3v) is 11.6. The SMILES string of the molecule is CCCCCCCCC/C=C/C=C/CCCCCC(CC(=O)NC(CO)C(O)CCCCCCCCCCCCCC)OC(=O)CCCCCCCCCCCC. The van der Waals surface area contributed by atoms with E-state index in [1.807, 2.05) is 0 Å². The molecule has 0 bridgehead atoms. The van der Waals surface area contributed by atoms with Crippen molar-refractivity contribution >= 4 is 11.9 Å². The summed E-state index contributed by atoms with van der Waals surface area (Å²) in [7, 11) is 0. The Hall–Kier alpha value is -1.66. The number of carbonyl (C=O) groups is 2. The van der Waals surface area contributed by atoms with Crippen LogP contribution in [-0.4, -0.2) is 46.9 Å². The lowest BCUT2D eigenvalue weighted by atomic mass is 10.0. The minimum atomic E-state index is -0.789. The Morgan fingerprint density at radius 1 is 0.509 bits per heavy atom. The van der Waals surface area contributed by atoms with Gasteiger partial charge in [0.15, 0.2) is 0 Å². The summed E-state index contributed by atoms with van der Waals surface area (Å²) < 4.78 is 5.90. The van der Waals surface area contributed by atoms with Gasteiger partial charge in [-0.3, -0.25) is 9.59 Å². The van der Waals surface area contributed by atoms with Crippen LogP contribution in [0.2, 0.25) is 0 Å². The van der Waals surface area contributed by atoms with Crippen molar-refractivity contribution in [3.05, 3.63) is 24.3 Å². The van der Waals surface area contributed by atoms with E-state index in [1.54, 1.807) is 0 Å². The first kappa shape index (κ1) is 55.3. The van der Waals surface area contributed by atoms with Gasteiger partial charge in [0.25, 0.3) is 0 Å². The molecule has 336 valence electrons. The fourth-order valence-electron chi connectivity index (χ4n) is 7.72. The van der Waals surface area contributed by atoms with Gasteiger partial charge in [-0.2, -0.15) is 0 Å². The molecule has 0 aliphatic rings. The third kappa shape index (κ3) is 40.9. The van der Waals surface area contributed by atoms with Crippen LogP contribution in [0.1, 0.15) is 265 Å². The Bertz CT molecular complexity index is 904. The van der Waals surface area contributed by atoms with Gasteiger partial charge in [-0.25, -0.2) is 0 Å². The van der Waals surface area contributed by atoms with E-state index in [9.17, 15) is 19.8 Å². The molecule has 6 nitrogen and oxygen atoms in total. The van der Waals surface area contributed by atoms with Crippen LogP contribution in [0, 0.1) is 0 Å². The second-order valence-corrected chi connectivity index (χ2v) is 17.3. The van der Waals surface area contributed by atoms with Gasteiger partial charge in [-0.05, 0) is 51.4 Å². The van der Waals surface area contributed by atoms with E-state index in [0.717, 1.165) is 70.6 Å². The number of amides is 1. The zero-order valence-corrected chi connectivity index (χ0v) is 38.2. The van der Waals surface area contributed by atoms with Gasteiger partial charge in [0.1, 0.15) is 6.10 Å². The average Bonchev–Trinajstić information content (AvgIpc) is 3.20. The number of aliphatic hydroxyl groups excluding tert-OH is 2. The van der Waals surface area contributed by atoms with Crippen LogP contribution in [0.25, 0.3) is 0 Å². The monoisotopic (exact) mass is 804 g/mol. The maximum atomic E-state index is 13.2. The van der Waals surface area contributed by atoms with Crippen molar-refractivity contribution in [2.24, 2.45) is 0 Å². The number of allylic oxidation sites excluding steroid dienone is 4. The fraction of sp³-hybridized carbons (Fsp3) is 0.882. The van der Waals surface area contributed by atoms with Crippen LogP contribution in [0.4, 0.5) is 0 Å². The van der Waals surface area contributed by atoms with Crippen molar-refractivity contribution in [1.82, 2.24) is 5.32 Å². The van der Waals surface area contributed by atoms with Crippen molar-refractivity contribution in [2.45, 2.75) is 283 Å². The molecule has 0 aromatic carbocycles. The molecule has 0 saturated carbocycles. The van der Waals surface area contributed by atoms with Gasteiger partial charge < -0.3 is 20.3 Å². The fourth-order valence-corrected chi connectivity index (χ4v) is 7.72. The van der Waals surface area contributed by atoms with Crippen LogP contribution in [0.5, 0.6) is 0 Å². The van der Waals surface area contributed by atoms with E-state index in [0.29, 0.717) is 19.3 Å². The number of rotatable bonds is 45. The van der Waals surface area contributed by atoms with Gasteiger partial charge in [0.2, 0.25) is 5.91 Å². The molecule has 0 rings (SSSR count). The molecule has 0 aliphatic carbocycles. The van der Waals surface area contributed by atoms with Crippen LogP contribution in [0.3, 0.4) is 0 Å². The van der Waals surface area contributed by atoms with Crippen molar-refractivity contribution in [1.29, 1.82) is 0 Å². The summed E-state index contributed by atoms with van der Waals surface area (Å²) >= 11 is 0. The van der Waals surface area contributed by atoms with Crippen molar-refractivity contribution in [3.8, 4) is 0 Å². The second kappa shape index (κ2) is 45.4. The molecule has 0 aromatic rings. The first-order valence-electron chi connectivity index (χ1n) is 25.1. The molecule has 0 saturated heterocycles. The van der Waals surface area contributed by atoms with E-state index in [4.69, 9.17) is 4.74 Å². The number of ether oxygens (including phenoxy) is 1. The minimum Gasteiger partial charge on any atom is -0.462 e. The highest BCUT2D eigenvalue weighted by molar-refractivity contribution is 5.77. The Balaban J connectivity index is 4.60. The second-order valence-electron chi connectivity index (χ2n) is 17.3. The number of hydrogen-bond acceptors (Lipinski definition) is 5. The number of nitrogens with one attached hydrogen (secondary N) is 1. The summed E-state index contributed by atoms with van der Waals surface area (Å²) in [6, 6.07) is -0.704. The summed E-state index contributed by atoms with van der Waals surface area (Å²) in [5.74, 6) is -0.491. The van der Waals surface area contributed by atoms with Gasteiger partial charge in [0, 0.05) is 6.42 Å². The summed E-state index contributed by atoms with van der Waals surface area (Å²) in [6.07, 6.45) is 50.9. The molecule has 6 heteroatoms. The molecule has 3 unspecified atom stereocenters. The van der Waals surface area contributed by atoms with Crippen LogP contribution >= 0.6 is 0 Å². The third-order valence-electron chi connectivity index (χ3n) is 11.6. The number of aliphatic hydroxyl groups is 2. The number of carbonyl (C=O) groups excluding carboxylic acids is 2. The Morgan fingerprint density at radius 3 is 1.32 bits per heavy atom. The standard InChI is InChI=1S/C51H97NO5/c1-4-7-10-13-16-19-22-24-25-26-27-28-30-33-36-39-42-47(57-51(56)44-41-38-35-32-21-18-15-12-9-6-3)45-50(55)52-48(46-53)49(54)43-40-37-34-31-29-23-20-17-14-11-8-5-2/h25-28,47-49,53-54H,4-24,29-46H2,1-3H3,(H,52,55)/b26-25+,28-27+. The van der Waals surface area contributed by atoms with Crippen molar-refractivity contribution in [3.63, 3.8) is 0 Å². The Morgan fingerprint density at radius 2 is 0.877 bits per heavy atom. The zero-order valence-electron chi connectivity index (χ0n) is 38.2. The highest BCUT2D eigenvalue weighted by Gasteiger charge is 2.24. The molecular weight excluding hydrogens is 707 g/mol. The first-order chi connectivity index (χ1) is 28.0. The predicted molar refractivity (Wildman–Crippen MR) is 246 cm³/mol. The molecule has 0 aliphatic heterocycles. The van der Waals surface area contributed by atoms with Gasteiger partial charge in [0.05, 0.1) is 25.2 Å². The smallest absolute Gasteiger partial charge is 0.306 e. The first-order valence-corrected chi connectivity index (χ1v) is 25.1. The quantitative estimate of drug-likeness (QED) is 0.0324. The van der Waals surface area contributed by atoms with E-state index >= 15 is 0 Å². The number of hydrogen-bond donors (Lipinski definition) is 3. The van der Waals surface area contributed by atoms with Crippen LogP contribution in [-0.2, 0) is 14.3 Å². The molecule has 57 heavy (non-hydrogen) atoms. The summed E-state index contributed by atoms with van der Waals surface area (Å²) in [6.45, 7) is 6.46. The lowest BCUT2D eigenvalue weighted by molar-refractivity contribution is -0.151. The maximum Gasteiger partial charge on any atom is 0.306 e. The van der Waals surface area contributed by atoms with Gasteiger partial charge in [-0.15, -0.1) is 0 Å². The highest BCUT2D eigenvalue weighted by Crippen LogP contribution is 2.17. The molecule has 0 radical (unpaired) electrons. The summed E-state index contributed by atoms with van der Waals surface area (Å²) in [5.41, 5.74) is 0. The molecule has 0 aromatic heterocycles. The Kier molecular flexibility index (Phi) is 44.1. The van der Waals surface area contributed by atoms with E-state index in [1.165, 1.54) is 148 Å². The number of unbranched alkanes of at least 4 members (excludes halogenated alkanes) is 30. The lowest BCUT2D eigenvalue weighted by Crippen LogP contribution is -2.46. The normalized spacial score (nSPS) is 13.4. The molecule has 3 N–H and O–H groups in total. The molecule has 1 amide bonds. The number of esters is 1. The topological polar surface area (TPSA) is 95.9 Å². The lowest BCUT2D eigenvalue weighted by Gasteiger charge is -2.24. The molecular formula is C51H97NO5. The van der Waals surface area contributed by atoms with Crippen molar-refractivity contribution < 1.29 is 24.5 Å². The molecule has 3 atom stereocenters. The zero-order chi connectivity index (χ0) is 41.7. The predicted octanol–water partition coefficient (Wildman–Crippen LogP) is 14.7. The minimum absolute atomic E-state index is 0.0645. The highest BCUT2D eigenvalue weighted by atomic mass is 16.5. The molecule has 0 fully saturated rings. The summed E-state index contributed by atoms with van der Waals surface area (Å²) in [5, 5.41) is 23.7.